The Morgan fingerprint density at radius 3 is 2.43 bits per heavy atom. The van der Waals surface area contributed by atoms with E-state index in [0.717, 1.165) is 25.7 Å². The lowest BCUT2D eigenvalue weighted by Crippen LogP contribution is -2.45. The zero-order chi connectivity index (χ0) is 20.6. The van der Waals surface area contributed by atoms with E-state index in [0.29, 0.717) is 16.9 Å². The molecule has 28 heavy (non-hydrogen) atoms. The Morgan fingerprint density at radius 2 is 1.82 bits per heavy atom. The van der Waals surface area contributed by atoms with Crippen LogP contribution in [0.15, 0.2) is 33.6 Å². The van der Waals surface area contributed by atoms with Crippen LogP contribution in [-0.2, 0) is 24.3 Å². The van der Waals surface area contributed by atoms with Gasteiger partial charge in [-0.1, -0.05) is 35.2 Å². The van der Waals surface area contributed by atoms with Crippen molar-refractivity contribution >= 4 is 37.8 Å². The molecule has 8 nitrogen and oxygen atoms in total. The molecular formula is C18H25BrN2O6S. The highest BCUT2D eigenvalue weighted by Crippen LogP contribution is 2.22. The van der Waals surface area contributed by atoms with Crippen LogP contribution < -0.4 is 10.0 Å². The highest BCUT2D eigenvalue weighted by molar-refractivity contribution is 9.10. The zero-order valence-corrected chi connectivity index (χ0v) is 17.8. The monoisotopic (exact) mass is 476 g/mol. The van der Waals surface area contributed by atoms with Crippen LogP contribution in [0.4, 0.5) is 0 Å². The van der Waals surface area contributed by atoms with Gasteiger partial charge in [-0.15, -0.1) is 0 Å². The number of halogens is 1. The predicted molar refractivity (Wildman–Crippen MR) is 106 cm³/mol. The lowest BCUT2D eigenvalue weighted by Gasteiger charge is -2.21. The van der Waals surface area contributed by atoms with Gasteiger partial charge in [-0.2, -0.15) is 4.72 Å². The summed E-state index contributed by atoms with van der Waals surface area (Å²) in [5, 5.41) is 12.1. The van der Waals surface area contributed by atoms with E-state index >= 15 is 0 Å². The minimum absolute atomic E-state index is 0.0628. The van der Waals surface area contributed by atoms with Crippen LogP contribution in [-0.4, -0.2) is 51.2 Å². The lowest BCUT2D eigenvalue weighted by atomic mass is 9.89. The topological polar surface area (TPSA) is 122 Å². The van der Waals surface area contributed by atoms with Gasteiger partial charge in [0.1, 0.15) is 6.04 Å². The molecule has 1 aromatic rings. The molecule has 156 valence electrons. The second-order valence-corrected chi connectivity index (χ2v) is 9.36. The van der Waals surface area contributed by atoms with Crippen LogP contribution in [0.5, 0.6) is 0 Å². The molecule has 3 N–H and O–H groups in total. The summed E-state index contributed by atoms with van der Waals surface area (Å²) in [6.45, 7) is -0.781. The fraction of sp³-hybridized carbons (Fsp3) is 0.556. The van der Waals surface area contributed by atoms with E-state index in [2.05, 4.69) is 26.0 Å². The lowest BCUT2D eigenvalue weighted by molar-refractivity contribution is -0.151. The van der Waals surface area contributed by atoms with Gasteiger partial charge in [0.15, 0.2) is 6.61 Å². The fourth-order valence-corrected chi connectivity index (χ4v) is 4.41. The van der Waals surface area contributed by atoms with E-state index in [1.54, 1.807) is 0 Å². The number of carbonyl (C=O) groups excluding carboxylic acids is 2. The molecule has 0 radical (unpaired) electrons. The molecule has 1 unspecified atom stereocenters. The van der Waals surface area contributed by atoms with Gasteiger partial charge in [-0.25, -0.2) is 8.42 Å². The standard InChI is InChI=1S/C18H25BrN2O6S/c19-14-6-8-15(9-7-14)28(25,26)21-16(11-22)18(24)27-12-17(23)20-10-13-4-2-1-3-5-13/h6-9,13,16,21-22H,1-5,10-12H2,(H,20,23). The number of hydrogen-bond acceptors (Lipinski definition) is 6. The number of benzene rings is 1. The molecule has 2 rings (SSSR count). The Balaban J connectivity index is 1.81. The highest BCUT2D eigenvalue weighted by atomic mass is 79.9. The summed E-state index contributed by atoms with van der Waals surface area (Å²) < 4.78 is 32.3. The second-order valence-electron chi connectivity index (χ2n) is 6.73. The molecule has 0 aliphatic heterocycles. The Hall–Kier alpha value is -1.49. The van der Waals surface area contributed by atoms with Crippen LogP contribution in [0.1, 0.15) is 32.1 Å². The summed E-state index contributed by atoms with van der Waals surface area (Å²) in [7, 11) is -4.03. The van der Waals surface area contributed by atoms with E-state index in [4.69, 9.17) is 4.74 Å². The van der Waals surface area contributed by atoms with Gasteiger partial charge < -0.3 is 15.2 Å². The maximum atomic E-state index is 12.3. The van der Waals surface area contributed by atoms with Crippen LogP contribution in [0.2, 0.25) is 0 Å². The van der Waals surface area contributed by atoms with Crippen molar-refractivity contribution in [2.75, 3.05) is 19.8 Å². The van der Waals surface area contributed by atoms with Gasteiger partial charge >= 0.3 is 5.97 Å². The van der Waals surface area contributed by atoms with Crippen molar-refractivity contribution in [3.8, 4) is 0 Å². The highest BCUT2D eigenvalue weighted by Gasteiger charge is 2.27. The first-order valence-electron chi connectivity index (χ1n) is 9.14. The maximum absolute atomic E-state index is 12.3. The number of hydrogen-bond donors (Lipinski definition) is 3. The van der Waals surface area contributed by atoms with Crippen molar-refractivity contribution in [2.24, 2.45) is 5.92 Å². The van der Waals surface area contributed by atoms with Gasteiger partial charge in [-0.3, -0.25) is 9.59 Å². The molecule has 0 spiro atoms. The molecule has 10 heteroatoms. The molecular weight excluding hydrogens is 452 g/mol. The molecule has 1 saturated carbocycles. The number of carbonyl (C=O) groups is 2. The molecule has 0 bridgehead atoms. The van der Waals surface area contributed by atoms with Gasteiger partial charge in [0.05, 0.1) is 11.5 Å². The van der Waals surface area contributed by atoms with Gasteiger partial charge in [0.25, 0.3) is 5.91 Å². The number of sulfonamides is 1. The number of rotatable bonds is 9. The quantitative estimate of drug-likeness (QED) is 0.462. The number of nitrogens with one attached hydrogen (secondary N) is 2. The minimum atomic E-state index is -4.03. The van der Waals surface area contributed by atoms with Crippen LogP contribution >= 0.6 is 15.9 Å². The average Bonchev–Trinajstić information content (AvgIpc) is 2.69. The van der Waals surface area contributed by atoms with E-state index < -0.39 is 41.2 Å². The molecule has 1 aliphatic carbocycles. The summed E-state index contributed by atoms with van der Waals surface area (Å²) in [5.41, 5.74) is 0. The van der Waals surface area contributed by atoms with E-state index in [-0.39, 0.29) is 4.90 Å². The summed E-state index contributed by atoms with van der Waals surface area (Å²) >= 11 is 3.20. The molecule has 1 amide bonds. The van der Waals surface area contributed by atoms with E-state index in [1.807, 2.05) is 0 Å². The summed E-state index contributed by atoms with van der Waals surface area (Å²) in [6, 6.07) is 4.28. The molecule has 0 saturated heterocycles. The Kier molecular flexibility index (Phi) is 8.87. The molecule has 1 aliphatic rings. The number of ether oxygens (including phenoxy) is 1. The first kappa shape index (κ1) is 22.8. The number of aliphatic hydroxyl groups is 1. The molecule has 1 atom stereocenters. The van der Waals surface area contributed by atoms with E-state index in [9.17, 15) is 23.1 Å². The maximum Gasteiger partial charge on any atom is 0.327 e. The number of esters is 1. The summed E-state index contributed by atoms with van der Waals surface area (Å²) in [5.74, 6) is -1.03. The minimum Gasteiger partial charge on any atom is -0.454 e. The third-order valence-electron chi connectivity index (χ3n) is 4.55. The van der Waals surface area contributed by atoms with Crippen molar-refractivity contribution < 1.29 is 27.9 Å². The summed E-state index contributed by atoms with van der Waals surface area (Å²) in [6.07, 6.45) is 5.69. The van der Waals surface area contributed by atoms with Crippen LogP contribution in [0.25, 0.3) is 0 Å². The number of aliphatic hydroxyl groups excluding tert-OH is 1. The SMILES string of the molecule is O=C(COC(=O)C(CO)NS(=O)(=O)c1ccc(Br)cc1)NCC1CCCCC1. The van der Waals surface area contributed by atoms with Crippen molar-refractivity contribution in [1.29, 1.82) is 0 Å². The third-order valence-corrected chi connectivity index (χ3v) is 6.56. The Morgan fingerprint density at radius 1 is 1.18 bits per heavy atom. The first-order valence-corrected chi connectivity index (χ1v) is 11.4. The molecule has 1 fully saturated rings. The zero-order valence-electron chi connectivity index (χ0n) is 15.4. The average molecular weight is 477 g/mol. The third kappa shape index (κ3) is 7.16. The van der Waals surface area contributed by atoms with Crippen molar-refractivity contribution in [1.82, 2.24) is 10.0 Å². The van der Waals surface area contributed by atoms with Crippen LogP contribution in [0.3, 0.4) is 0 Å². The molecule has 0 heterocycles. The number of amides is 1. The predicted octanol–water partition coefficient (Wildman–Crippen LogP) is 1.33. The van der Waals surface area contributed by atoms with Gasteiger partial charge in [0, 0.05) is 11.0 Å². The molecule has 0 aromatic heterocycles. The van der Waals surface area contributed by atoms with Crippen molar-refractivity contribution in [3.05, 3.63) is 28.7 Å². The Labute approximate surface area is 173 Å². The van der Waals surface area contributed by atoms with Crippen molar-refractivity contribution in [2.45, 2.75) is 43.0 Å². The smallest absolute Gasteiger partial charge is 0.327 e. The second kappa shape index (κ2) is 10.9. The molecule has 1 aromatic carbocycles. The van der Waals surface area contributed by atoms with Gasteiger partial charge in [0.2, 0.25) is 10.0 Å². The summed E-state index contributed by atoms with van der Waals surface area (Å²) in [4.78, 5) is 23.8. The normalized spacial score (nSPS) is 16.4. The fourth-order valence-electron chi connectivity index (χ4n) is 2.97. The first-order chi connectivity index (χ1) is 13.3. The van der Waals surface area contributed by atoms with Gasteiger partial charge in [-0.05, 0) is 43.0 Å². The van der Waals surface area contributed by atoms with Crippen molar-refractivity contribution in [3.63, 3.8) is 0 Å². The largest absolute Gasteiger partial charge is 0.454 e. The van der Waals surface area contributed by atoms with E-state index in [1.165, 1.54) is 30.7 Å². The Bertz CT molecular complexity index is 763. The van der Waals surface area contributed by atoms with Crippen LogP contribution in [0, 0.1) is 5.92 Å².